The Morgan fingerprint density at radius 1 is 1.17 bits per heavy atom. The molecular formula is C17H16N6O. The van der Waals surface area contributed by atoms with Crippen molar-refractivity contribution in [3.63, 3.8) is 0 Å². The van der Waals surface area contributed by atoms with Gasteiger partial charge >= 0.3 is 0 Å². The number of nitrogens with zero attached hydrogens (tertiary/aromatic N) is 5. The van der Waals surface area contributed by atoms with Crippen molar-refractivity contribution in [3.8, 4) is 11.3 Å². The molecule has 0 saturated carbocycles. The molecule has 1 aliphatic rings. The highest BCUT2D eigenvalue weighted by Crippen LogP contribution is 2.30. The molecule has 7 heteroatoms. The van der Waals surface area contributed by atoms with Crippen LogP contribution in [0, 0.1) is 0 Å². The fraction of sp³-hybridized carbons (Fsp3) is 0.235. The number of nitrogens with one attached hydrogen (secondary N) is 1. The summed E-state index contributed by atoms with van der Waals surface area (Å²) in [5.74, 6) is 0.819. The van der Waals surface area contributed by atoms with Crippen LogP contribution < -0.4 is 4.90 Å². The maximum Gasteiger partial charge on any atom is 0.180 e. The second-order valence-electron chi connectivity index (χ2n) is 6.07. The predicted molar refractivity (Wildman–Crippen MR) is 90.9 cm³/mol. The Kier molecular flexibility index (Phi) is 2.83. The zero-order valence-corrected chi connectivity index (χ0v) is 12.9. The molecule has 0 radical (unpaired) electrons. The minimum absolute atomic E-state index is 0.291. The van der Waals surface area contributed by atoms with Crippen molar-refractivity contribution in [2.45, 2.75) is 12.5 Å². The van der Waals surface area contributed by atoms with Crippen molar-refractivity contribution < 1.29 is 5.11 Å². The smallest absolute Gasteiger partial charge is 0.180 e. The molecule has 0 aromatic carbocycles. The fourth-order valence-electron chi connectivity index (χ4n) is 3.45. The zero-order chi connectivity index (χ0) is 16.1. The molecule has 0 bridgehead atoms. The van der Waals surface area contributed by atoms with Crippen LogP contribution in [-0.2, 0) is 0 Å². The Labute approximate surface area is 137 Å². The summed E-state index contributed by atoms with van der Waals surface area (Å²) < 4.78 is 2.05. The highest BCUT2D eigenvalue weighted by molar-refractivity contribution is 5.92. The SMILES string of the molecule is OC1CCN(c2nccn3c(-c4ccnc5[nH]ccc45)cnc23)C1. The summed E-state index contributed by atoms with van der Waals surface area (Å²) in [5, 5.41) is 10.9. The van der Waals surface area contributed by atoms with Crippen molar-refractivity contribution in [2.75, 3.05) is 18.0 Å². The highest BCUT2D eigenvalue weighted by Gasteiger charge is 2.24. The van der Waals surface area contributed by atoms with E-state index in [-0.39, 0.29) is 6.10 Å². The lowest BCUT2D eigenvalue weighted by Gasteiger charge is -2.17. The number of β-amino-alcohol motifs (C(OH)–C–C–N with tert-alkyl or cyclic N) is 1. The number of H-pyrrole nitrogens is 1. The Bertz CT molecular complexity index is 1040. The number of fused-ring (bicyclic) bond motifs is 2. The van der Waals surface area contributed by atoms with Gasteiger partial charge in [-0.25, -0.2) is 15.0 Å². The van der Waals surface area contributed by atoms with Gasteiger partial charge in [0.05, 0.1) is 18.0 Å². The highest BCUT2D eigenvalue weighted by atomic mass is 16.3. The average molecular weight is 320 g/mol. The molecular weight excluding hydrogens is 304 g/mol. The normalized spacial score (nSPS) is 18.0. The summed E-state index contributed by atoms with van der Waals surface area (Å²) in [4.78, 5) is 18.7. The first-order valence-corrected chi connectivity index (χ1v) is 7.99. The quantitative estimate of drug-likeness (QED) is 0.589. The van der Waals surface area contributed by atoms with Crippen molar-refractivity contribution >= 4 is 22.5 Å². The molecule has 5 heterocycles. The monoisotopic (exact) mass is 320 g/mol. The van der Waals surface area contributed by atoms with Gasteiger partial charge in [-0.2, -0.15) is 0 Å². The molecule has 1 saturated heterocycles. The van der Waals surface area contributed by atoms with Crippen molar-refractivity contribution in [3.05, 3.63) is 43.1 Å². The molecule has 1 aliphatic heterocycles. The van der Waals surface area contributed by atoms with E-state index in [0.717, 1.165) is 46.7 Å². The number of anilines is 1. The van der Waals surface area contributed by atoms with Gasteiger partial charge in [0.25, 0.3) is 0 Å². The molecule has 1 atom stereocenters. The first kappa shape index (κ1) is 13.5. The Morgan fingerprint density at radius 3 is 3.00 bits per heavy atom. The molecule has 120 valence electrons. The van der Waals surface area contributed by atoms with E-state index in [1.807, 2.05) is 30.7 Å². The van der Waals surface area contributed by atoms with E-state index in [1.54, 1.807) is 12.4 Å². The summed E-state index contributed by atoms with van der Waals surface area (Å²) in [7, 11) is 0. The summed E-state index contributed by atoms with van der Waals surface area (Å²) in [6.45, 7) is 1.40. The van der Waals surface area contributed by atoms with Crippen LogP contribution in [0.25, 0.3) is 27.9 Å². The van der Waals surface area contributed by atoms with Gasteiger partial charge in [0.2, 0.25) is 0 Å². The van der Waals surface area contributed by atoms with Crippen molar-refractivity contribution in [1.82, 2.24) is 24.3 Å². The van der Waals surface area contributed by atoms with Gasteiger partial charge in [0.1, 0.15) is 5.65 Å². The van der Waals surface area contributed by atoms with Gasteiger partial charge in [0.15, 0.2) is 11.5 Å². The minimum Gasteiger partial charge on any atom is -0.391 e. The topological polar surface area (TPSA) is 82.3 Å². The maximum atomic E-state index is 9.80. The first-order valence-electron chi connectivity index (χ1n) is 7.99. The summed E-state index contributed by atoms with van der Waals surface area (Å²) in [6.07, 6.45) is 9.75. The summed E-state index contributed by atoms with van der Waals surface area (Å²) in [5.41, 5.74) is 3.74. The van der Waals surface area contributed by atoms with Gasteiger partial charge < -0.3 is 15.0 Å². The third-order valence-corrected chi connectivity index (χ3v) is 4.61. The van der Waals surface area contributed by atoms with E-state index in [4.69, 9.17) is 0 Å². The van der Waals surface area contributed by atoms with Crippen LogP contribution in [-0.4, -0.2) is 48.6 Å². The van der Waals surface area contributed by atoms with Crippen molar-refractivity contribution in [2.24, 2.45) is 0 Å². The van der Waals surface area contributed by atoms with Crippen LogP contribution >= 0.6 is 0 Å². The largest absolute Gasteiger partial charge is 0.391 e. The summed E-state index contributed by atoms with van der Waals surface area (Å²) >= 11 is 0. The van der Waals surface area contributed by atoms with Crippen LogP contribution in [0.4, 0.5) is 5.82 Å². The van der Waals surface area contributed by atoms with Gasteiger partial charge in [-0.05, 0) is 18.6 Å². The number of aliphatic hydroxyl groups is 1. The third-order valence-electron chi connectivity index (χ3n) is 4.61. The van der Waals surface area contributed by atoms with Crippen molar-refractivity contribution in [1.29, 1.82) is 0 Å². The standard InChI is InChI=1S/C17H16N6O/c24-11-3-7-22(10-11)16-17-21-9-14(23(17)8-6-20-16)12-1-4-18-15-13(12)2-5-19-15/h1-2,4-6,8-9,11,24H,3,7,10H2,(H,18,19). The lowest BCUT2D eigenvalue weighted by Crippen LogP contribution is -2.23. The van der Waals surface area contributed by atoms with Gasteiger partial charge in [-0.15, -0.1) is 0 Å². The molecule has 24 heavy (non-hydrogen) atoms. The number of pyridine rings is 1. The molecule has 0 amide bonds. The molecule has 4 aromatic heterocycles. The minimum atomic E-state index is -0.291. The third kappa shape index (κ3) is 1.91. The Hall–Kier alpha value is -2.93. The van der Waals surface area contributed by atoms with E-state index in [1.165, 1.54) is 0 Å². The first-order chi connectivity index (χ1) is 11.8. The number of hydrogen-bond donors (Lipinski definition) is 2. The molecule has 5 rings (SSSR count). The van der Waals surface area contributed by atoms with Crippen LogP contribution in [0.2, 0.25) is 0 Å². The number of aliphatic hydroxyl groups excluding tert-OH is 1. The summed E-state index contributed by atoms with van der Waals surface area (Å²) in [6, 6.07) is 4.02. The number of aromatic nitrogens is 5. The van der Waals surface area contributed by atoms with E-state index in [0.29, 0.717) is 6.54 Å². The molecule has 0 aliphatic carbocycles. The second-order valence-corrected chi connectivity index (χ2v) is 6.07. The van der Waals surface area contributed by atoms with Crippen LogP contribution in [0.3, 0.4) is 0 Å². The van der Waals surface area contributed by atoms with Gasteiger partial charge in [-0.1, -0.05) is 0 Å². The predicted octanol–water partition coefficient (Wildman–Crippen LogP) is 1.84. The van der Waals surface area contributed by atoms with Crippen LogP contribution in [0.15, 0.2) is 43.1 Å². The van der Waals surface area contributed by atoms with E-state index in [9.17, 15) is 5.11 Å². The van der Waals surface area contributed by atoms with E-state index >= 15 is 0 Å². The lowest BCUT2D eigenvalue weighted by molar-refractivity contribution is 0.198. The zero-order valence-electron chi connectivity index (χ0n) is 12.9. The molecule has 2 N–H and O–H groups in total. The van der Waals surface area contributed by atoms with Gasteiger partial charge in [0, 0.05) is 48.8 Å². The molecule has 1 fully saturated rings. The number of imidazole rings is 1. The van der Waals surface area contributed by atoms with Crippen LogP contribution in [0.1, 0.15) is 6.42 Å². The van der Waals surface area contributed by atoms with E-state index < -0.39 is 0 Å². The molecule has 1 unspecified atom stereocenters. The average Bonchev–Trinajstić information content (AvgIpc) is 3.32. The molecule has 4 aromatic rings. The van der Waals surface area contributed by atoms with Gasteiger partial charge in [-0.3, -0.25) is 4.40 Å². The van der Waals surface area contributed by atoms with Crippen LogP contribution in [0.5, 0.6) is 0 Å². The van der Waals surface area contributed by atoms with E-state index in [2.05, 4.69) is 29.2 Å². The number of hydrogen-bond acceptors (Lipinski definition) is 5. The second kappa shape index (κ2) is 5.04. The number of rotatable bonds is 2. The fourth-order valence-corrected chi connectivity index (χ4v) is 3.45. The molecule has 0 spiro atoms. The molecule has 7 nitrogen and oxygen atoms in total. The Balaban J connectivity index is 1.70. The maximum absolute atomic E-state index is 9.80. The number of aromatic amines is 1. The lowest BCUT2D eigenvalue weighted by atomic mass is 10.1. The Morgan fingerprint density at radius 2 is 2.12 bits per heavy atom.